The third kappa shape index (κ3) is 1.91. The van der Waals surface area contributed by atoms with Crippen molar-refractivity contribution in [1.29, 1.82) is 0 Å². The molecule has 98 valence electrons. The number of alkyl halides is 3. The molecule has 2 N–H and O–H groups in total. The van der Waals surface area contributed by atoms with Crippen LogP contribution in [0.3, 0.4) is 0 Å². The van der Waals surface area contributed by atoms with Gasteiger partial charge >= 0.3 is 6.18 Å². The highest BCUT2D eigenvalue weighted by molar-refractivity contribution is 5.81. The van der Waals surface area contributed by atoms with E-state index in [2.05, 4.69) is 4.99 Å². The minimum Gasteiger partial charge on any atom is -0.370 e. The molecule has 0 radical (unpaired) electrons. The fourth-order valence-corrected chi connectivity index (χ4v) is 2.00. The summed E-state index contributed by atoms with van der Waals surface area (Å²) in [5.74, 6) is 0.400. The van der Waals surface area contributed by atoms with E-state index >= 15 is 0 Å². The van der Waals surface area contributed by atoms with Crippen molar-refractivity contribution in [2.75, 3.05) is 13.6 Å². The van der Waals surface area contributed by atoms with Gasteiger partial charge in [0.25, 0.3) is 0 Å². The molecule has 1 aromatic carbocycles. The zero-order valence-corrected chi connectivity index (χ0v) is 10.1. The van der Waals surface area contributed by atoms with Gasteiger partial charge in [0.1, 0.15) is 0 Å². The lowest BCUT2D eigenvalue weighted by atomic mass is 9.91. The molecule has 1 heterocycles. The van der Waals surface area contributed by atoms with Crippen LogP contribution in [-0.4, -0.2) is 24.5 Å². The number of hydrogen-bond donors (Lipinski definition) is 1. The van der Waals surface area contributed by atoms with Crippen LogP contribution in [0, 0.1) is 0 Å². The van der Waals surface area contributed by atoms with Gasteiger partial charge in [0.05, 0.1) is 17.6 Å². The Morgan fingerprint density at radius 2 is 1.83 bits per heavy atom. The van der Waals surface area contributed by atoms with E-state index in [1.54, 1.807) is 11.9 Å². The van der Waals surface area contributed by atoms with Crippen molar-refractivity contribution in [2.24, 2.45) is 10.7 Å². The van der Waals surface area contributed by atoms with E-state index in [0.717, 1.165) is 17.7 Å². The van der Waals surface area contributed by atoms with Gasteiger partial charge in [-0.25, -0.2) is 0 Å². The summed E-state index contributed by atoms with van der Waals surface area (Å²) in [7, 11) is 1.78. The second kappa shape index (κ2) is 3.90. The van der Waals surface area contributed by atoms with Crippen LogP contribution in [0.5, 0.6) is 0 Å². The second-order valence-corrected chi connectivity index (χ2v) is 4.58. The zero-order valence-electron chi connectivity index (χ0n) is 10.1. The summed E-state index contributed by atoms with van der Waals surface area (Å²) in [5.41, 5.74) is 5.33. The Bertz CT molecular complexity index is 478. The maximum Gasteiger partial charge on any atom is 0.416 e. The monoisotopic (exact) mass is 257 g/mol. The molecule has 0 amide bonds. The predicted octanol–water partition coefficient (Wildman–Crippen LogP) is 2.18. The first-order valence-corrected chi connectivity index (χ1v) is 5.46. The number of nitrogens with zero attached hydrogens (tertiary/aromatic N) is 2. The fraction of sp³-hybridized carbons (Fsp3) is 0.417. The lowest BCUT2D eigenvalue weighted by Gasteiger charge is -2.33. The molecule has 0 saturated carbocycles. The van der Waals surface area contributed by atoms with Crippen LogP contribution in [0.1, 0.15) is 18.1 Å². The SMILES string of the molecule is CN1C(N)=NCC1(C)c1ccc(C(F)(F)F)cc1. The predicted molar refractivity (Wildman–Crippen MR) is 63.0 cm³/mol. The largest absolute Gasteiger partial charge is 0.416 e. The van der Waals surface area contributed by atoms with E-state index in [-0.39, 0.29) is 0 Å². The number of guanidine groups is 1. The van der Waals surface area contributed by atoms with Crippen LogP contribution in [-0.2, 0) is 11.7 Å². The van der Waals surface area contributed by atoms with Crippen molar-refractivity contribution in [3.63, 3.8) is 0 Å². The molecule has 2 rings (SSSR count). The minimum absolute atomic E-state index is 0.400. The van der Waals surface area contributed by atoms with E-state index < -0.39 is 17.3 Å². The Labute approximate surface area is 103 Å². The normalized spacial score (nSPS) is 24.3. The summed E-state index contributed by atoms with van der Waals surface area (Å²) in [6, 6.07) is 5.13. The van der Waals surface area contributed by atoms with Crippen LogP contribution in [0.25, 0.3) is 0 Å². The van der Waals surface area contributed by atoms with Gasteiger partial charge < -0.3 is 10.6 Å². The summed E-state index contributed by atoms with van der Waals surface area (Å²) in [6.07, 6.45) is -4.31. The topological polar surface area (TPSA) is 41.6 Å². The summed E-state index contributed by atoms with van der Waals surface area (Å²) in [4.78, 5) is 5.89. The molecule has 0 bridgehead atoms. The fourth-order valence-electron chi connectivity index (χ4n) is 2.00. The third-order valence-electron chi connectivity index (χ3n) is 3.47. The first-order valence-electron chi connectivity index (χ1n) is 5.46. The first kappa shape index (κ1) is 12.7. The smallest absolute Gasteiger partial charge is 0.370 e. The number of hydrogen-bond acceptors (Lipinski definition) is 3. The van der Waals surface area contributed by atoms with Crippen molar-refractivity contribution in [2.45, 2.75) is 18.6 Å². The van der Waals surface area contributed by atoms with Gasteiger partial charge in [0.15, 0.2) is 5.96 Å². The second-order valence-electron chi connectivity index (χ2n) is 4.58. The molecule has 18 heavy (non-hydrogen) atoms. The highest BCUT2D eigenvalue weighted by Gasteiger charge is 2.38. The third-order valence-corrected chi connectivity index (χ3v) is 3.47. The van der Waals surface area contributed by atoms with Crippen molar-refractivity contribution in [3.05, 3.63) is 35.4 Å². The standard InChI is InChI=1S/C12H14F3N3/c1-11(7-17-10(16)18(11)2)8-3-5-9(6-4-8)12(13,14)15/h3-6H,7H2,1-2H3,(H2,16,17). The quantitative estimate of drug-likeness (QED) is 0.837. The lowest BCUT2D eigenvalue weighted by molar-refractivity contribution is -0.137. The minimum atomic E-state index is -4.31. The van der Waals surface area contributed by atoms with E-state index in [1.165, 1.54) is 12.1 Å². The van der Waals surface area contributed by atoms with Gasteiger partial charge in [-0.3, -0.25) is 4.99 Å². The van der Waals surface area contributed by atoms with E-state index in [9.17, 15) is 13.2 Å². The number of likely N-dealkylation sites (N-methyl/N-ethyl adjacent to an activating group) is 1. The van der Waals surface area contributed by atoms with Gasteiger partial charge in [-0.1, -0.05) is 12.1 Å². The molecule has 0 saturated heterocycles. The van der Waals surface area contributed by atoms with Crippen molar-refractivity contribution < 1.29 is 13.2 Å². The highest BCUT2D eigenvalue weighted by Crippen LogP contribution is 2.34. The maximum absolute atomic E-state index is 12.5. The number of rotatable bonds is 1. The molecule has 6 heteroatoms. The van der Waals surface area contributed by atoms with Gasteiger partial charge in [-0.2, -0.15) is 13.2 Å². The highest BCUT2D eigenvalue weighted by atomic mass is 19.4. The van der Waals surface area contributed by atoms with Crippen molar-refractivity contribution >= 4 is 5.96 Å². The van der Waals surface area contributed by atoms with E-state index in [0.29, 0.717) is 12.5 Å². The van der Waals surface area contributed by atoms with E-state index in [4.69, 9.17) is 5.73 Å². The van der Waals surface area contributed by atoms with Gasteiger partial charge in [-0.15, -0.1) is 0 Å². The first-order chi connectivity index (χ1) is 8.25. The summed E-state index contributed by atoms with van der Waals surface area (Å²) in [6.45, 7) is 2.35. The molecule has 0 spiro atoms. The van der Waals surface area contributed by atoms with Crippen LogP contribution < -0.4 is 5.73 Å². The lowest BCUT2D eigenvalue weighted by Crippen LogP contribution is -2.44. The Hall–Kier alpha value is -1.72. The van der Waals surface area contributed by atoms with Gasteiger partial charge in [-0.05, 0) is 24.6 Å². The summed E-state index contributed by atoms with van der Waals surface area (Å²) >= 11 is 0. The summed E-state index contributed by atoms with van der Waals surface area (Å²) in [5, 5.41) is 0. The molecule has 1 aliphatic rings. The number of halogens is 3. The zero-order chi connectivity index (χ0) is 13.6. The Morgan fingerprint density at radius 3 is 2.22 bits per heavy atom. The van der Waals surface area contributed by atoms with E-state index in [1.807, 2.05) is 6.92 Å². The maximum atomic E-state index is 12.5. The molecule has 3 nitrogen and oxygen atoms in total. The molecule has 0 fully saturated rings. The van der Waals surface area contributed by atoms with Crippen LogP contribution >= 0.6 is 0 Å². The molecule has 0 aliphatic carbocycles. The summed E-state index contributed by atoms with van der Waals surface area (Å²) < 4.78 is 37.4. The van der Waals surface area contributed by atoms with Crippen LogP contribution in [0.15, 0.2) is 29.3 Å². The molecule has 1 atom stereocenters. The number of benzene rings is 1. The average Bonchev–Trinajstić information content (AvgIpc) is 2.58. The van der Waals surface area contributed by atoms with Crippen LogP contribution in [0.2, 0.25) is 0 Å². The van der Waals surface area contributed by atoms with Crippen molar-refractivity contribution in [1.82, 2.24) is 4.90 Å². The van der Waals surface area contributed by atoms with Gasteiger partial charge in [0, 0.05) is 7.05 Å². The molecular weight excluding hydrogens is 243 g/mol. The van der Waals surface area contributed by atoms with Gasteiger partial charge in [0.2, 0.25) is 0 Å². The Kier molecular flexibility index (Phi) is 2.76. The molecule has 1 aliphatic heterocycles. The van der Waals surface area contributed by atoms with Crippen molar-refractivity contribution in [3.8, 4) is 0 Å². The van der Waals surface area contributed by atoms with Crippen LogP contribution in [0.4, 0.5) is 13.2 Å². The molecule has 0 aromatic heterocycles. The molecule has 1 aromatic rings. The average molecular weight is 257 g/mol. The number of aliphatic imine (C=N–C) groups is 1. The number of nitrogens with two attached hydrogens (primary N) is 1. The Morgan fingerprint density at radius 1 is 1.28 bits per heavy atom. The molecular formula is C12H14F3N3. The molecule has 1 unspecified atom stereocenters. The Balaban J connectivity index is 2.31.